The molecule has 3 aromatic rings. The number of nitrogens with zero attached hydrogens (tertiary/aromatic N) is 4. The molecule has 3 heterocycles. The van der Waals surface area contributed by atoms with E-state index in [4.69, 9.17) is 9.52 Å². The topological polar surface area (TPSA) is 106 Å². The Bertz CT molecular complexity index is 734. The van der Waals surface area contributed by atoms with Crippen molar-refractivity contribution in [3.8, 4) is 5.82 Å². The van der Waals surface area contributed by atoms with Crippen LogP contribution < -0.4 is 5.32 Å². The average Bonchev–Trinajstić information content (AvgIpc) is 3.17. The molecule has 21 heavy (non-hydrogen) atoms. The Kier molecular flexibility index (Phi) is 3.34. The smallest absolute Gasteiger partial charge is 0.338 e. The lowest BCUT2D eigenvalue weighted by Gasteiger charge is -2.05. The van der Waals surface area contributed by atoms with Gasteiger partial charge in [0.1, 0.15) is 24.7 Å². The van der Waals surface area contributed by atoms with Crippen molar-refractivity contribution >= 4 is 11.7 Å². The maximum atomic E-state index is 10.7. The Labute approximate surface area is 119 Å². The molecule has 3 aromatic heterocycles. The van der Waals surface area contributed by atoms with Crippen LogP contribution in [0, 0.1) is 0 Å². The van der Waals surface area contributed by atoms with Gasteiger partial charge in [-0.15, -0.1) is 0 Å². The third-order valence-electron chi connectivity index (χ3n) is 2.77. The van der Waals surface area contributed by atoms with Crippen LogP contribution in [0.15, 0.2) is 47.7 Å². The Morgan fingerprint density at radius 1 is 1.43 bits per heavy atom. The van der Waals surface area contributed by atoms with E-state index in [-0.39, 0.29) is 5.56 Å². The highest BCUT2D eigenvalue weighted by atomic mass is 16.4. The second kappa shape index (κ2) is 5.45. The second-order valence-corrected chi connectivity index (χ2v) is 4.21. The first-order valence-electron chi connectivity index (χ1n) is 6.08. The summed E-state index contributed by atoms with van der Waals surface area (Å²) in [5.41, 5.74) is 0.915. The van der Waals surface area contributed by atoms with Crippen LogP contribution in [0.25, 0.3) is 5.82 Å². The van der Waals surface area contributed by atoms with Gasteiger partial charge < -0.3 is 14.8 Å². The number of rotatable bonds is 5. The molecule has 0 radical (unpaired) electrons. The van der Waals surface area contributed by atoms with Gasteiger partial charge in [0.25, 0.3) is 0 Å². The summed E-state index contributed by atoms with van der Waals surface area (Å²) in [5.74, 6) is 0.181. The molecule has 0 bridgehead atoms. The minimum Gasteiger partial charge on any atom is -0.478 e. The van der Waals surface area contributed by atoms with Gasteiger partial charge in [-0.25, -0.2) is 19.4 Å². The standard InChI is InChI=1S/C13H11N5O3/c19-13(20)9-3-11(21-6-9)5-15-10-1-2-12(16-4-10)18-8-14-7-17-18/h1-4,6-8,15H,5H2,(H,19,20). The van der Waals surface area contributed by atoms with Gasteiger partial charge in [0.2, 0.25) is 0 Å². The van der Waals surface area contributed by atoms with Gasteiger partial charge in [-0.2, -0.15) is 5.10 Å². The van der Waals surface area contributed by atoms with Crippen LogP contribution in [0.4, 0.5) is 5.69 Å². The van der Waals surface area contributed by atoms with E-state index in [1.807, 2.05) is 6.07 Å². The van der Waals surface area contributed by atoms with Crippen molar-refractivity contribution in [2.75, 3.05) is 5.32 Å². The van der Waals surface area contributed by atoms with Crippen molar-refractivity contribution in [3.63, 3.8) is 0 Å². The third kappa shape index (κ3) is 2.89. The third-order valence-corrected chi connectivity index (χ3v) is 2.77. The lowest BCUT2D eigenvalue weighted by atomic mass is 10.3. The van der Waals surface area contributed by atoms with E-state index in [9.17, 15) is 4.79 Å². The lowest BCUT2D eigenvalue weighted by molar-refractivity contribution is 0.0696. The number of carboxylic acid groups (broad SMARTS) is 1. The molecule has 0 saturated heterocycles. The van der Waals surface area contributed by atoms with E-state index in [0.717, 1.165) is 5.69 Å². The fraction of sp³-hybridized carbons (Fsp3) is 0.0769. The fourth-order valence-corrected chi connectivity index (χ4v) is 1.73. The summed E-state index contributed by atoms with van der Waals surface area (Å²) < 4.78 is 6.70. The summed E-state index contributed by atoms with van der Waals surface area (Å²) in [6.45, 7) is 0.373. The quantitative estimate of drug-likeness (QED) is 0.732. The maximum absolute atomic E-state index is 10.7. The van der Waals surface area contributed by atoms with Crippen LogP contribution in [0.1, 0.15) is 16.1 Å². The highest BCUT2D eigenvalue weighted by Crippen LogP contribution is 2.12. The summed E-state index contributed by atoms with van der Waals surface area (Å²) >= 11 is 0. The maximum Gasteiger partial charge on any atom is 0.338 e. The van der Waals surface area contributed by atoms with Gasteiger partial charge in [0.15, 0.2) is 5.82 Å². The van der Waals surface area contributed by atoms with Crippen LogP contribution >= 0.6 is 0 Å². The molecule has 0 unspecified atom stereocenters. The molecule has 0 aromatic carbocycles. The number of carbonyl (C=O) groups is 1. The normalized spacial score (nSPS) is 10.5. The zero-order valence-corrected chi connectivity index (χ0v) is 10.8. The van der Waals surface area contributed by atoms with Crippen molar-refractivity contribution in [2.24, 2.45) is 0 Å². The summed E-state index contributed by atoms with van der Waals surface area (Å²) in [5, 5.41) is 15.9. The van der Waals surface area contributed by atoms with Crippen LogP contribution in [0.3, 0.4) is 0 Å². The zero-order chi connectivity index (χ0) is 14.7. The van der Waals surface area contributed by atoms with Crippen molar-refractivity contribution in [1.29, 1.82) is 0 Å². The number of hydrogen-bond acceptors (Lipinski definition) is 6. The first-order valence-corrected chi connectivity index (χ1v) is 6.08. The molecule has 0 amide bonds. The molecule has 0 aliphatic heterocycles. The Hall–Kier alpha value is -3.16. The average molecular weight is 285 g/mol. The van der Waals surface area contributed by atoms with E-state index in [1.165, 1.54) is 18.7 Å². The molecular formula is C13H11N5O3. The van der Waals surface area contributed by atoms with Crippen molar-refractivity contribution in [3.05, 3.63) is 54.6 Å². The molecule has 0 atom stereocenters. The number of aromatic nitrogens is 4. The van der Waals surface area contributed by atoms with Crippen LogP contribution in [0.2, 0.25) is 0 Å². The van der Waals surface area contributed by atoms with E-state index in [0.29, 0.717) is 18.1 Å². The molecule has 0 fully saturated rings. The van der Waals surface area contributed by atoms with Gasteiger partial charge in [-0.1, -0.05) is 0 Å². The molecule has 106 valence electrons. The van der Waals surface area contributed by atoms with Crippen molar-refractivity contribution in [2.45, 2.75) is 6.54 Å². The predicted octanol–water partition coefficient (Wildman–Crippen LogP) is 1.57. The predicted molar refractivity (Wildman–Crippen MR) is 72.1 cm³/mol. The molecule has 0 spiro atoms. The van der Waals surface area contributed by atoms with Crippen molar-refractivity contribution < 1.29 is 14.3 Å². The number of pyridine rings is 1. The summed E-state index contributed by atoms with van der Waals surface area (Å²) in [7, 11) is 0. The first kappa shape index (κ1) is 12.9. The highest BCUT2D eigenvalue weighted by molar-refractivity contribution is 5.87. The van der Waals surface area contributed by atoms with Gasteiger partial charge in [-0.05, 0) is 18.2 Å². The lowest BCUT2D eigenvalue weighted by Crippen LogP contribution is -2.01. The van der Waals surface area contributed by atoms with Crippen molar-refractivity contribution in [1.82, 2.24) is 19.7 Å². The molecule has 0 aliphatic rings. The molecule has 0 aliphatic carbocycles. The van der Waals surface area contributed by atoms with Crippen LogP contribution in [-0.2, 0) is 6.54 Å². The minimum atomic E-state index is -1.01. The molecule has 3 rings (SSSR count). The number of hydrogen-bond donors (Lipinski definition) is 2. The number of anilines is 1. The van der Waals surface area contributed by atoms with Gasteiger partial charge in [0.05, 0.1) is 24.0 Å². The second-order valence-electron chi connectivity index (χ2n) is 4.21. The molecular weight excluding hydrogens is 274 g/mol. The zero-order valence-electron chi connectivity index (χ0n) is 10.8. The van der Waals surface area contributed by atoms with E-state index in [2.05, 4.69) is 20.4 Å². The largest absolute Gasteiger partial charge is 0.478 e. The molecule has 2 N–H and O–H groups in total. The number of carboxylic acids is 1. The number of furan rings is 1. The van der Waals surface area contributed by atoms with Crippen LogP contribution in [-0.4, -0.2) is 30.8 Å². The van der Waals surface area contributed by atoms with Gasteiger partial charge >= 0.3 is 5.97 Å². The molecule has 0 saturated carbocycles. The fourth-order valence-electron chi connectivity index (χ4n) is 1.73. The SMILES string of the molecule is O=C(O)c1coc(CNc2ccc(-n3cncn3)nc2)c1. The summed E-state index contributed by atoms with van der Waals surface area (Å²) in [6.07, 6.45) is 5.86. The monoisotopic (exact) mass is 285 g/mol. The van der Waals surface area contributed by atoms with Crippen LogP contribution in [0.5, 0.6) is 0 Å². The van der Waals surface area contributed by atoms with E-state index < -0.39 is 5.97 Å². The first-order chi connectivity index (χ1) is 10.2. The van der Waals surface area contributed by atoms with E-state index >= 15 is 0 Å². The summed E-state index contributed by atoms with van der Waals surface area (Å²) in [6, 6.07) is 5.11. The van der Waals surface area contributed by atoms with Gasteiger partial charge in [0, 0.05) is 0 Å². The number of nitrogens with one attached hydrogen (secondary N) is 1. The number of aromatic carboxylic acids is 1. The Morgan fingerprint density at radius 3 is 2.95 bits per heavy atom. The summed E-state index contributed by atoms with van der Waals surface area (Å²) in [4.78, 5) is 18.8. The van der Waals surface area contributed by atoms with E-state index in [1.54, 1.807) is 23.3 Å². The Morgan fingerprint density at radius 2 is 2.33 bits per heavy atom. The molecule has 8 heteroatoms. The molecule has 8 nitrogen and oxygen atoms in total. The Balaban J connectivity index is 1.64. The highest BCUT2D eigenvalue weighted by Gasteiger charge is 2.08. The minimum absolute atomic E-state index is 0.131. The van der Waals surface area contributed by atoms with Gasteiger partial charge in [-0.3, -0.25) is 0 Å².